The van der Waals surface area contributed by atoms with Crippen LogP contribution in [0.4, 0.5) is 0 Å². The Kier molecular flexibility index (Phi) is 6.21. The SMILES string of the molecule is C=CC(C)C(C)NC(=O)[C@@H]1CCCN1C(=O)CNC=O. The van der Waals surface area contributed by atoms with E-state index >= 15 is 0 Å². The van der Waals surface area contributed by atoms with Gasteiger partial charge in [0, 0.05) is 12.6 Å². The number of amides is 3. The van der Waals surface area contributed by atoms with Gasteiger partial charge in [-0.05, 0) is 25.7 Å². The van der Waals surface area contributed by atoms with Gasteiger partial charge in [0.15, 0.2) is 0 Å². The quantitative estimate of drug-likeness (QED) is 0.511. The molecule has 20 heavy (non-hydrogen) atoms. The van der Waals surface area contributed by atoms with E-state index in [2.05, 4.69) is 17.2 Å². The molecule has 6 nitrogen and oxygen atoms in total. The summed E-state index contributed by atoms with van der Waals surface area (Å²) in [7, 11) is 0. The van der Waals surface area contributed by atoms with Gasteiger partial charge in [0.1, 0.15) is 6.04 Å². The Morgan fingerprint density at radius 3 is 2.75 bits per heavy atom. The third-order valence-corrected chi connectivity index (χ3v) is 3.74. The third kappa shape index (κ3) is 4.08. The highest BCUT2D eigenvalue weighted by molar-refractivity contribution is 5.89. The first-order valence-corrected chi connectivity index (χ1v) is 6.90. The molecule has 1 aliphatic rings. The maximum Gasteiger partial charge on any atom is 0.243 e. The van der Waals surface area contributed by atoms with Crippen molar-refractivity contribution < 1.29 is 14.4 Å². The first-order chi connectivity index (χ1) is 9.51. The number of carbonyl (C=O) groups excluding carboxylic acids is 3. The van der Waals surface area contributed by atoms with E-state index in [1.165, 1.54) is 4.90 Å². The Balaban J connectivity index is 2.59. The summed E-state index contributed by atoms with van der Waals surface area (Å²) in [6, 6.07) is -0.457. The number of hydrogen-bond donors (Lipinski definition) is 2. The van der Waals surface area contributed by atoms with Crippen LogP contribution in [0.5, 0.6) is 0 Å². The van der Waals surface area contributed by atoms with Crippen LogP contribution in [0.25, 0.3) is 0 Å². The number of likely N-dealkylation sites (tertiary alicyclic amines) is 1. The topological polar surface area (TPSA) is 78.5 Å². The van der Waals surface area contributed by atoms with Crippen molar-refractivity contribution in [3.8, 4) is 0 Å². The van der Waals surface area contributed by atoms with E-state index in [0.717, 1.165) is 6.42 Å². The van der Waals surface area contributed by atoms with Gasteiger partial charge in [0.25, 0.3) is 0 Å². The number of rotatable bonds is 7. The Hall–Kier alpha value is -1.85. The maximum absolute atomic E-state index is 12.2. The van der Waals surface area contributed by atoms with Crippen LogP contribution in [0, 0.1) is 5.92 Å². The molecule has 2 unspecified atom stereocenters. The molecule has 6 heteroatoms. The van der Waals surface area contributed by atoms with Crippen molar-refractivity contribution in [3.05, 3.63) is 12.7 Å². The lowest BCUT2D eigenvalue weighted by Gasteiger charge is -2.26. The van der Waals surface area contributed by atoms with E-state index in [1.54, 1.807) is 6.08 Å². The van der Waals surface area contributed by atoms with Gasteiger partial charge in [0.2, 0.25) is 18.2 Å². The van der Waals surface area contributed by atoms with Crippen LogP contribution < -0.4 is 10.6 Å². The molecular formula is C14H23N3O3. The van der Waals surface area contributed by atoms with Crippen molar-refractivity contribution in [3.63, 3.8) is 0 Å². The zero-order valence-electron chi connectivity index (χ0n) is 12.1. The molecule has 0 aromatic rings. The van der Waals surface area contributed by atoms with Gasteiger partial charge in [-0.3, -0.25) is 14.4 Å². The van der Waals surface area contributed by atoms with E-state index in [4.69, 9.17) is 0 Å². The van der Waals surface area contributed by atoms with Crippen molar-refractivity contribution in [2.75, 3.05) is 13.1 Å². The highest BCUT2D eigenvalue weighted by Gasteiger charge is 2.34. The molecule has 0 saturated carbocycles. The number of hydrogen-bond acceptors (Lipinski definition) is 3. The zero-order valence-corrected chi connectivity index (χ0v) is 12.1. The fraction of sp³-hybridized carbons (Fsp3) is 0.643. The minimum atomic E-state index is -0.435. The van der Waals surface area contributed by atoms with Gasteiger partial charge in [-0.2, -0.15) is 0 Å². The predicted molar refractivity (Wildman–Crippen MR) is 75.8 cm³/mol. The Morgan fingerprint density at radius 2 is 2.15 bits per heavy atom. The van der Waals surface area contributed by atoms with Crippen LogP contribution >= 0.6 is 0 Å². The molecule has 0 aromatic carbocycles. The molecule has 0 spiro atoms. The second-order valence-corrected chi connectivity index (χ2v) is 5.14. The third-order valence-electron chi connectivity index (χ3n) is 3.74. The molecule has 1 heterocycles. The normalized spacial score (nSPS) is 20.9. The standard InChI is InChI=1S/C14H23N3O3/c1-4-10(2)11(3)16-14(20)12-6-5-7-17(12)13(19)8-15-9-18/h4,9-12H,1,5-8H2,2-3H3,(H,15,18)(H,16,20)/t10?,11?,12-/m0/s1. The van der Waals surface area contributed by atoms with Crippen LogP contribution in [-0.4, -0.2) is 48.3 Å². The van der Waals surface area contributed by atoms with Crippen molar-refractivity contribution in [1.29, 1.82) is 0 Å². The summed E-state index contributed by atoms with van der Waals surface area (Å²) >= 11 is 0. The summed E-state index contributed by atoms with van der Waals surface area (Å²) in [6.45, 7) is 8.09. The van der Waals surface area contributed by atoms with Gasteiger partial charge in [-0.25, -0.2) is 0 Å². The smallest absolute Gasteiger partial charge is 0.243 e. The molecule has 1 rings (SSSR count). The summed E-state index contributed by atoms with van der Waals surface area (Å²) in [6.07, 6.45) is 3.73. The fourth-order valence-corrected chi connectivity index (χ4v) is 2.22. The minimum Gasteiger partial charge on any atom is -0.351 e. The lowest BCUT2D eigenvalue weighted by atomic mass is 10.0. The highest BCUT2D eigenvalue weighted by atomic mass is 16.2. The molecule has 3 amide bonds. The van der Waals surface area contributed by atoms with Gasteiger partial charge in [0.05, 0.1) is 6.54 Å². The molecule has 2 N–H and O–H groups in total. The van der Waals surface area contributed by atoms with Crippen LogP contribution in [0.2, 0.25) is 0 Å². The Bertz CT molecular complexity index is 384. The van der Waals surface area contributed by atoms with Crippen LogP contribution in [-0.2, 0) is 14.4 Å². The molecule has 0 aliphatic carbocycles. The summed E-state index contributed by atoms with van der Waals surface area (Å²) < 4.78 is 0. The average Bonchev–Trinajstić information content (AvgIpc) is 2.93. The van der Waals surface area contributed by atoms with E-state index in [1.807, 2.05) is 13.8 Å². The molecule has 0 aromatic heterocycles. The number of carbonyl (C=O) groups is 3. The predicted octanol–water partition coefficient (Wildman–Crippen LogP) is 0.0502. The summed E-state index contributed by atoms with van der Waals surface area (Å²) in [5, 5.41) is 5.26. The van der Waals surface area contributed by atoms with Gasteiger partial charge in [-0.15, -0.1) is 6.58 Å². The van der Waals surface area contributed by atoms with E-state index < -0.39 is 6.04 Å². The van der Waals surface area contributed by atoms with Crippen LogP contribution in [0.15, 0.2) is 12.7 Å². The number of nitrogens with zero attached hydrogens (tertiary/aromatic N) is 1. The largest absolute Gasteiger partial charge is 0.351 e. The van der Waals surface area contributed by atoms with Crippen molar-refractivity contribution >= 4 is 18.2 Å². The first kappa shape index (κ1) is 16.2. The first-order valence-electron chi connectivity index (χ1n) is 6.90. The highest BCUT2D eigenvalue weighted by Crippen LogP contribution is 2.18. The molecule has 1 saturated heterocycles. The minimum absolute atomic E-state index is 0.0225. The van der Waals surface area contributed by atoms with Gasteiger partial charge < -0.3 is 15.5 Å². The Morgan fingerprint density at radius 1 is 1.45 bits per heavy atom. The monoisotopic (exact) mass is 281 g/mol. The second-order valence-electron chi connectivity index (χ2n) is 5.14. The van der Waals surface area contributed by atoms with E-state index in [0.29, 0.717) is 19.4 Å². The molecule has 3 atom stereocenters. The van der Waals surface area contributed by atoms with Crippen molar-refractivity contribution in [2.24, 2.45) is 5.92 Å². The lowest BCUT2D eigenvalue weighted by molar-refractivity contribution is -0.138. The van der Waals surface area contributed by atoms with Gasteiger partial charge >= 0.3 is 0 Å². The Labute approximate surface area is 119 Å². The molecule has 1 fully saturated rings. The van der Waals surface area contributed by atoms with Gasteiger partial charge in [-0.1, -0.05) is 13.0 Å². The second kappa shape index (κ2) is 7.67. The van der Waals surface area contributed by atoms with Crippen molar-refractivity contribution in [1.82, 2.24) is 15.5 Å². The molecular weight excluding hydrogens is 258 g/mol. The number of nitrogens with one attached hydrogen (secondary N) is 2. The average molecular weight is 281 g/mol. The van der Waals surface area contributed by atoms with Crippen LogP contribution in [0.3, 0.4) is 0 Å². The maximum atomic E-state index is 12.2. The summed E-state index contributed by atoms with van der Waals surface area (Å²) in [5.74, 6) is -0.191. The summed E-state index contributed by atoms with van der Waals surface area (Å²) in [5.41, 5.74) is 0. The summed E-state index contributed by atoms with van der Waals surface area (Å²) in [4.78, 5) is 35.9. The molecule has 0 radical (unpaired) electrons. The van der Waals surface area contributed by atoms with E-state index in [9.17, 15) is 14.4 Å². The molecule has 0 bridgehead atoms. The molecule has 1 aliphatic heterocycles. The molecule has 112 valence electrons. The fourth-order valence-electron chi connectivity index (χ4n) is 2.22. The lowest BCUT2D eigenvalue weighted by Crippen LogP contribution is -2.50. The van der Waals surface area contributed by atoms with E-state index in [-0.39, 0.29) is 30.3 Å². The zero-order chi connectivity index (χ0) is 15.1. The van der Waals surface area contributed by atoms with Crippen LogP contribution in [0.1, 0.15) is 26.7 Å². The van der Waals surface area contributed by atoms with Crippen molar-refractivity contribution in [2.45, 2.75) is 38.8 Å².